The smallest absolute Gasteiger partial charge is 0.243 e. The summed E-state index contributed by atoms with van der Waals surface area (Å²) in [5.41, 5.74) is 4.05. The largest absolute Gasteiger partial charge is 0.468 e. The number of benzene rings is 2. The van der Waals surface area contributed by atoms with E-state index in [2.05, 4.69) is 12.1 Å². The summed E-state index contributed by atoms with van der Waals surface area (Å²) in [6.45, 7) is 2.35. The lowest BCUT2D eigenvalue weighted by Crippen LogP contribution is -2.32. The van der Waals surface area contributed by atoms with Gasteiger partial charge in [-0.05, 0) is 43.3 Å². The lowest BCUT2D eigenvalue weighted by atomic mass is 10.1. The van der Waals surface area contributed by atoms with Gasteiger partial charge in [0.05, 0.1) is 23.4 Å². The molecule has 0 fully saturated rings. The molecule has 6 nitrogen and oxygen atoms in total. The van der Waals surface area contributed by atoms with E-state index in [-0.39, 0.29) is 18.0 Å². The standard InChI is InChI=1S/C25H22FN3O3S2/c1-18-4-6-19(7-5-18)24-16-29-21(17-33-25(29)27-24)12-13-28(15-22-3-2-14-32-22)34(30,31)23-10-8-20(26)9-11-23/h2-11,14,16-17H,12-13,15H2,1H3. The van der Waals surface area contributed by atoms with Crippen LogP contribution in [0.4, 0.5) is 4.39 Å². The molecule has 5 rings (SSSR count). The van der Waals surface area contributed by atoms with Gasteiger partial charge in [-0.2, -0.15) is 4.31 Å². The second-order valence-electron chi connectivity index (χ2n) is 7.99. The molecular weight excluding hydrogens is 473 g/mol. The van der Waals surface area contributed by atoms with Crippen molar-refractivity contribution >= 4 is 26.3 Å². The molecule has 9 heteroatoms. The van der Waals surface area contributed by atoms with Gasteiger partial charge in [-0.1, -0.05) is 29.8 Å². The summed E-state index contributed by atoms with van der Waals surface area (Å²) in [6, 6.07) is 16.5. The summed E-state index contributed by atoms with van der Waals surface area (Å²) in [6.07, 6.45) is 3.97. The summed E-state index contributed by atoms with van der Waals surface area (Å²) in [4.78, 5) is 5.62. The predicted octanol–water partition coefficient (Wildman–Crippen LogP) is 5.54. The fourth-order valence-electron chi connectivity index (χ4n) is 3.73. The van der Waals surface area contributed by atoms with Gasteiger partial charge in [0.15, 0.2) is 4.96 Å². The molecule has 0 atom stereocenters. The van der Waals surface area contributed by atoms with Crippen molar-refractivity contribution in [2.45, 2.75) is 24.8 Å². The molecule has 0 unspecified atom stereocenters. The minimum Gasteiger partial charge on any atom is -0.468 e. The fraction of sp³-hybridized carbons (Fsp3) is 0.160. The molecule has 5 aromatic rings. The number of hydrogen-bond donors (Lipinski definition) is 0. The first-order valence-corrected chi connectivity index (χ1v) is 13.0. The van der Waals surface area contributed by atoms with E-state index in [0.29, 0.717) is 12.2 Å². The molecule has 0 aliphatic heterocycles. The van der Waals surface area contributed by atoms with Crippen LogP contribution in [0, 0.1) is 12.7 Å². The predicted molar refractivity (Wildman–Crippen MR) is 130 cm³/mol. The van der Waals surface area contributed by atoms with Crippen molar-refractivity contribution in [3.05, 3.63) is 101 Å². The third-order valence-corrected chi connectivity index (χ3v) is 8.36. The van der Waals surface area contributed by atoms with E-state index in [1.54, 1.807) is 12.1 Å². The van der Waals surface area contributed by atoms with Crippen LogP contribution >= 0.6 is 11.3 Å². The zero-order chi connectivity index (χ0) is 23.7. The fourth-order valence-corrected chi connectivity index (χ4v) is 6.04. The molecule has 0 bridgehead atoms. The number of nitrogens with zero attached hydrogens (tertiary/aromatic N) is 3. The number of halogens is 1. The zero-order valence-corrected chi connectivity index (χ0v) is 20.0. The van der Waals surface area contributed by atoms with Crippen molar-refractivity contribution in [1.29, 1.82) is 0 Å². The van der Waals surface area contributed by atoms with E-state index in [1.807, 2.05) is 35.0 Å². The van der Waals surface area contributed by atoms with Crippen LogP contribution in [0.25, 0.3) is 16.2 Å². The lowest BCUT2D eigenvalue weighted by Gasteiger charge is -2.21. The molecule has 0 radical (unpaired) electrons. The maximum atomic E-state index is 13.4. The van der Waals surface area contributed by atoms with Crippen molar-refractivity contribution in [3.63, 3.8) is 0 Å². The summed E-state index contributed by atoms with van der Waals surface area (Å²) in [7, 11) is -3.86. The van der Waals surface area contributed by atoms with Gasteiger partial charge in [-0.15, -0.1) is 11.3 Å². The second-order valence-corrected chi connectivity index (χ2v) is 10.8. The monoisotopic (exact) mass is 495 g/mol. The number of sulfonamides is 1. The second kappa shape index (κ2) is 9.17. The first kappa shape index (κ1) is 22.5. The number of aryl methyl sites for hydroxylation is 1. The van der Waals surface area contributed by atoms with E-state index in [0.717, 1.165) is 34.0 Å². The van der Waals surface area contributed by atoms with Crippen molar-refractivity contribution in [2.75, 3.05) is 6.54 Å². The van der Waals surface area contributed by atoms with Gasteiger partial charge in [0, 0.05) is 35.8 Å². The molecule has 0 aliphatic carbocycles. The Labute approximate surface area is 201 Å². The summed E-state index contributed by atoms with van der Waals surface area (Å²) in [5, 5.41) is 2.00. The van der Waals surface area contributed by atoms with Gasteiger partial charge in [0.1, 0.15) is 11.6 Å². The number of fused-ring (bicyclic) bond motifs is 1. The summed E-state index contributed by atoms with van der Waals surface area (Å²) < 4.78 is 48.9. The van der Waals surface area contributed by atoms with Crippen molar-refractivity contribution < 1.29 is 17.2 Å². The Hall–Kier alpha value is -3.27. The number of aromatic nitrogens is 2. The van der Waals surface area contributed by atoms with Crippen LogP contribution in [0.2, 0.25) is 0 Å². The average Bonchev–Trinajstić information content (AvgIpc) is 3.56. The van der Waals surface area contributed by atoms with E-state index in [9.17, 15) is 12.8 Å². The summed E-state index contributed by atoms with van der Waals surface area (Å²) >= 11 is 1.52. The molecule has 0 aliphatic rings. The highest BCUT2D eigenvalue weighted by atomic mass is 32.2. The van der Waals surface area contributed by atoms with Gasteiger partial charge < -0.3 is 4.42 Å². The van der Waals surface area contributed by atoms with Crippen LogP contribution in [0.15, 0.2) is 87.8 Å². The highest BCUT2D eigenvalue weighted by Crippen LogP contribution is 2.25. The van der Waals surface area contributed by atoms with E-state index in [4.69, 9.17) is 9.40 Å². The molecule has 174 valence electrons. The third kappa shape index (κ3) is 4.54. The molecule has 3 aromatic heterocycles. The number of imidazole rings is 1. The van der Waals surface area contributed by atoms with E-state index >= 15 is 0 Å². The molecule has 0 amide bonds. The third-order valence-electron chi connectivity index (χ3n) is 5.61. The quantitative estimate of drug-likeness (QED) is 0.284. The molecule has 0 spiro atoms. The normalized spacial score (nSPS) is 12.1. The Bertz CT molecular complexity index is 1500. The minimum absolute atomic E-state index is 0.0419. The molecule has 0 N–H and O–H groups in total. The van der Waals surface area contributed by atoms with Gasteiger partial charge >= 0.3 is 0 Å². The van der Waals surface area contributed by atoms with Crippen molar-refractivity contribution in [3.8, 4) is 11.3 Å². The Kier molecular flexibility index (Phi) is 6.07. The Balaban J connectivity index is 1.41. The molecule has 0 saturated heterocycles. The van der Waals surface area contributed by atoms with Crippen LogP contribution in [-0.4, -0.2) is 28.7 Å². The molecule has 2 aromatic carbocycles. The van der Waals surface area contributed by atoms with Crippen LogP contribution in [0.3, 0.4) is 0 Å². The molecule has 34 heavy (non-hydrogen) atoms. The molecule has 0 saturated carbocycles. The van der Waals surface area contributed by atoms with Gasteiger partial charge in [0.25, 0.3) is 0 Å². The highest BCUT2D eigenvalue weighted by Gasteiger charge is 2.26. The van der Waals surface area contributed by atoms with Crippen LogP contribution < -0.4 is 0 Å². The van der Waals surface area contributed by atoms with Crippen LogP contribution in [0.1, 0.15) is 17.0 Å². The summed E-state index contributed by atoms with van der Waals surface area (Å²) in [5.74, 6) is 0.0483. The van der Waals surface area contributed by atoms with Gasteiger partial charge in [-0.25, -0.2) is 17.8 Å². The van der Waals surface area contributed by atoms with E-state index < -0.39 is 15.8 Å². The van der Waals surface area contributed by atoms with E-state index in [1.165, 1.54) is 39.6 Å². The SMILES string of the molecule is Cc1ccc(-c2cn3c(CCN(Cc4ccco4)S(=O)(=O)c4ccc(F)cc4)csc3n2)cc1. The van der Waals surface area contributed by atoms with Crippen LogP contribution in [-0.2, 0) is 23.0 Å². The molecular formula is C25H22FN3O3S2. The average molecular weight is 496 g/mol. The Morgan fingerprint density at radius 1 is 1.09 bits per heavy atom. The van der Waals surface area contributed by atoms with Crippen molar-refractivity contribution in [1.82, 2.24) is 13.7 Å². The Morgan fingerprint density at radius 2 is 1.85 bits per heavy atom. The number of hydrogen-bond acceptors (Lipinski definition) is 5. The highest BCUT2D eigenvalue weighted by molar-refractivity contribution is 7.89. The first-order valence-electron chi connectivity index (χ1n) is 10.7. The maximum Gasteiger partial charge on any atom is 0.243 e. The van der Waals surface area contributed by atoms with Gasteiger partial charge in [-0.3, -0.25) is 4.40 Å². The maximum absolute atomic E-state index is 13.4. The molecule has 3 heterocycles. The lowest BCUT2D eigenvalue weighted by molar-refractivity contribution is 0.365. The van der Waals surface area contributed by atoms with Gasteiger partial charge in [0.2, 0.25) is 10.0 Å². The first-order chi connectivity index (χ1) is 16.4. The van der Waals surface area contributed by atoms with Crippen molar-refractivity contribution in [2.24, 2.45) is 0 Å². The number of thiazole rings is 1. The number of rotatable bonds is 8. The van der Waals surface area contributed by atoms with Crippen LogP contribution in [0.5, 0.6) is 0 Å². The minimum atomic E-state index is -3.86. The number of furan rings is 1. The Morgan fingerprint density at radius 3 is 2.56 bits per heavy atom. The zero-order valence-electron chi connectivity index (χ0n) is 18.4. The topological polar surface area (TPSA) is 67.8 Å².